The third-order valence-electron chi connectivity index (χ3n) is 2.64. The Morgan fingerprint density at radius 2 is 2.27 bits per heavy atom. The maximum absolute atomic E-state index is 11.4. The molecule has 0 aromatic rings. The van der Waals surface area contributed by atoms with Gasteiger partial charge in [0.25, 0.3) is 0 Å². The molecule has 5 nitrogen and oxygen atoms in total. The van der Waals surface area contributed by atoms with E-state index in [1.807, 2.05) is 6.92 Å². The number of amides is 2. The standard InChI is InChI=1S/C10H17N3O2/c1-3-9(14)13-5-7(10(11)15)8(6-13)12-4-2/h3,7-8,12H,1,4-6H2,2H3,(H2,11,15)/t7-,8-/m1/s1. The Labute approximate surface area is 89.3 Å². The molecular weight excluding hydrogens is 194 g/mol. The van der Waals surface area contributed by atoms with Crippen LogP contribution in [0.25, 0.3) is 0 Å². The Hall–Kier alpha value is -1.36. The second-order valence-electron chi connectivity index (χ2n) is 3.62. The molecule has 2 amide bonds. The molecule has 1 rings (SSSR count). The number of primary amides is 1. The molecule has 1 aliphatic heterocycles. The maximum atomic E-state index is 11.4. The molecule has 15 heavy (non-hydrogen) atoms. The maximum Gasteiger partial charge on any atom is 0.246 e. The summed E-state index contributed by atoms with van der Waals surface area (Å²) in [6.07, 6.45) is 1.26. The van der Waals surface area contributed by atoms with E-state index in [1.165, 1.54) is 6.08 Å². The first-order chi connectivity index (χ1) is 7.10. The number of likely N-dealkylation sites (tertiary alicyclic amines) is 1. The van der Waals surface area contributed by atoms with Crippen molar-refractivity contribution in [1.82, 2.24) is 10.2 Å². The van der Waals surface area contributed by atoms with E-state index in [9.17, 15) is 9.59 Å². The summed E-state index contributed by atoms with van der Waals surface area (Å²) in [7, 11) is 0. The molecule has 2 atom stereocenters. The summed E-state index contributed by atoms with van der Waals surface area (Å²) in [6, 6.07) is -0.0311. The topological polar surface area (TPSA) is 75.4 Å². The van der Waals surface area contributed by atoms with Gasteiger partial charge >= 0.3 is 0 Å². The molecule has 84 valence electrons. The fourth-order valence-corrected chi connectivity index (χ4v) is 1.87. The summed E-state index contributed by atoms with van der Waals surface area (Å²) in [5.74, 6) is -0.809. The van der Waals surface area contributed by atoms with E-state index in [-0.39, 0.29) is 23.8 Å². The van der Waals surface area contributed by atoms with Gasteiger partial charge in [-0.15, -0.1) is 0 Å². The van der Waals surface area contributed by atoms with Crippen molar-refractivity contribution in [1.29, 1.82) is 0 Å². The van der Waals surface area contributed by atoms with Crippen molar-refractivity contribution in [2.75, 3.05) is 19.6 Å². The molecule has 1 fully saturated rings. The number of likely N-dealkylation sites (N-methyl/N-ethyl adjacent to an activating group) is 1. The van der Waals surface area contributed by atoms with Crippen LogP contribution in [0.3, 0.4) is 0 Å². The SMILES string of the molecule is C=CC(=O)N1C[C@@H](NCC)[C@H](C(N)=O)C1. The predicted molar refractivity (Wildman–Crippen MR) is 56.9 cm³/mol. The van der Waals surface area contributed by atoms with Crippen LogP contribution in [0.2, 0.25) is 0 Å². The van der Waals surface area contributed by atoms with Gasteiger partial charge in [-0.3, -0.25) is 9.59 Å². The zero-order valence-electron chi connectivity index (χ0n) is 8.90. The van der Waals surface area contributed by atoms with Crippen LogP contribution in [0.15, 0.2) is 12.7 Å². The minimum Gasteiger partial charge on any atom is -0.369 e. The lowest BCUT2D eigenvalue weighted by molar-refractivity contribution is -0.125. The minimum absolute atomic E-state index is 0.0311. The predicted octanol–water partition coefficient (Wildman–Crippen LogP) is -0.906. The van der Waals surface area contributed by atoms with Gasteiger partial charge in [0, 0.05) is 19.1 Å². The Balaban J connectivity index is 2.68. The highest BCUT2D eigenvalue weighted by Crippen LogP contribution is 2.16. The largest absolute Gasteiger partial charge is 0.369 e. The lowest BCUT2D eigenvalue weighted by Gasteiger charge is -2.15. The van der Waals surface area contributed by atoms with Crippen molar-refractivity contribution in [2.24, 2.45) is 11.7 Å². The van der Waals surface area contributed by atoms with Crippen LogP contribution in [-0.2, 0) is 9.59 Å². The van der Waals surface area contributed by atoms with E-state index in [2.05, 4.69) is 11.9 Å². The van der Waals surface area contributed by atoms with Crippen LogP contribution in [0.5, 0.6) is 0 Å². The van der Waals surface area contributed by atoms with E-state index in [0.717, 1.165) is 6.54 Å². The van der Waals surface area contributed by atoms with E-state index >= 15 is 0 Å². The zero-order chi connectivity index (χ0) is 11.4. The molecule has 0 aromatic heterocycles. The number of nitrogens with zero attached hydrogens (tertiary/aromatic N) is 1. The molecular formula is C10H17N3O2. The van der Waals surface area contributed by atoms with Crippen molar-refractivity contribution < 1.29 is 9.59 Å². The third-order valence-corrected chi connectivity index (χ3v) is 2.64. The summed E-state index contributed by atoms with van der Waals surface area (Å²) >= 11 is 0. The number of hydrogen-bond donors (Lipinski definition) is 2. The number of rotatable bonds is 4. The van der Waals surface area contributed by atoms with Crippen LogP contribution in [-0.4, -0.2) is 42.4 Å². The van der Waals surface area contributed by atoms with E-state index in [1.54, 1.807) is 4.90 Å². The van der Waals surface area contributed by atoms with E-state index in [0.29, 0.717) is 13.1 Å². The van der Waals surface area contributed by atoms with Crippen molar-refractivity contribution in [3.05, 3.63) is 12.7 Å². The highest BCUT2D eigenvalue weighted by molar-refractivity contribution is 5.88. The summed E-state index contributed by atoms with van der Waals surface area (Å²) < 4.78 is 0. The van der Waals surface area contributed by atoms with Crippen molar-refractivity contribution in [3.8, 4) is 0 Å². The second kappa shape index (κ2) is 4.93. The monoisotopic (exact) mass is 211 g/mol. The van der Waals surface area contributed by atoms with E-state index in [4.69, 9.17) is 5.73 Å². The van der Waals surface area contributed by atoms with Crippen LogP contribution in [0.4, 0.5) is 0 Å². The zero-order valence-corrected chi connectivity index (χ0v) is 8.90. The first-order valence-electron chi connectivity index (χ1n) is 5.04. The lowest BCUT2D eigenvalue weighted by Crippen LogP contribution is -2.41. The average molecular weight is 211 g/mol. The molecule has 0 radical (unpaired) electrons. The Bertz CT molecular complexity index is 278. The van der Waals surface area contributed by atoms with E-state index < -0.39 is 0 Å². The van der Waals surface area contributed by atoms with Gasteiger partial charge in [0.15, 0.2) is 0 Å². The van der Waals surface area contributed by atoms with Crippen LogP contribution < -0.4 is 11.1 Å². The summed E-state index contributed by atoms with van der Waals surface area (Å²) in [5.41, 5.74) is 5.28. The van der Waals surface area contributed by atoms with Gasteiger partial charge in [-0.2, -0.15) is 0 Å². The first-order valence-corrected chi connectivity index (χ1v) is 5.04. The Morgan fingerprint density at radius 1 is 1.60 bits per heavy atom. The first kappa shape index (κ1) is 11.7. The molecule has 1 heterocycles. The number of nitrogens with one attached hydrogen (secondary N) is 1. The Morgan fingerprint density at radius 3 is 2.73 bits per heavy atom. The van der Waals surface area contributed by atoms with Gasteiger partial charge in [-0.1, -0.05) is 13.5 Å². The lowest BCUT2D eigenvalue weighted by atomic mass is 10.0. The van der Waals surface area contributed by atoms with Gasteiger partial charge in [0.05, 0.1) is 5.92 Å². The summed E-state index contributed by atoms with van der Waals surface area (Å²) in [4.78, 5) is 24.1. The molecule has 1 aliphatic rings. The highest BCUT2D eigenvalue weighted by Gasteiger charge is 2.37. The van der Waals surface area contributed by atoms with Crippen LogP contribution in [0.1, 0.15) is 6.92 Å². The Kier molecular flexibility index (Phi) is 3.85. The van der Waals surface area contributed by atoms with Gasteiger partial charge in [0.1, 0.15) is 0 Å². The van der Waals surface area contributed by atoms with Gasteiger partial charge in [-0.05, 0) is 12.6 Å². The average Bonchev–Trinajstić information content (AvgIpc) is 2.61. The normalized spacial score (nSPS) is 25.3. The van der Waals surface area contributed by atoms with Crippen LogP contribution in [0, 0.1) is 5.92 Å². The number of carbonyl (C=O) groups excluding carboxylic acids is 2. The summed E-state index contributed by atoms with van der Waals surface area (Å²) in [5, 5.41) is 3.16. The fraction of sp³-hybridized carbons (Fsp3) is 0.600. The number of nitrogens with two attached hydrogens (primary N) is 1. The molecule has 0 bridgehead atoms. The molecule has 0 saturated carbocycles. The molecule has 0 spiro atoms. The highest BCUT2D eigenvalue weighted by atomic mass is 16.2. The fourth-order valence-electron chi connectivity index (χ4n) is 1.87. The number of carbonyl (C=O) groups is 2. The van der Waals surface area contributed by atoms with Gasteiger partial charge in [0.2, 0.25) is 11.8 Å². The minimum atomic E-state index is -0.361. The molecule has 3 N–H and O–H groups in total. The quantitative estimate of drug-likeness (QED) is 0.591. The molecule has 0 aliphatic carbocycles. The van der Waals surface area contributed by atoms with Crippen LogP contribution >= 0.6 is 0 Å². The second-order valence-corrected chi connectivity index (χ2v) is 3.62. The van der Waals surface area contributed by atoms with Gasteiger partial charge in [-0.25, -0.2) is 0 Å². The summed E-state index contributed by atoms with van der Waals surface area (Å²) in [6.45, 7) is 7.03. The molecule has 1 saturated heterocycles. The van der Waals surface area contributed by atoms with Crippen molar-refractivity contribution >= 4 is 11.8 Å². The third kappa shape index (κ3) is 2.56. The molecule has 0 aromatic carbocycles. The van der Waals surface area contributed by atoms with Gasteiger partial charge < -0.3 is 16.0 Å². The van der Waals surface area contributed by atoms with Crippen molar-refractivity contribution in [2.45, 2.75) is 13.0 Å². The number of hydrogen-bond acceptors (Lipinski definition) is 3. The molecule has 5 heteroatoms. The smallest absolute Gasteiger partial charge is 0.246 e. The van der Waals surface area contributed by atoms with Crippen molar-refractivity contribution in [3.63, 3.8) is 0 Å². The molecule has 0 unspecified atom stereocenters.